The summed E-state index contributed by atoms with van der Waals surface area (Å²) in [6, 6.07) is 3.84. The van der Waals surface area contributed by atoms with Gasteiger partial charge in [0.25, 0.3) is 0 Å². The van der Waals surface area contributed by atoms with E-state index in [0.29, 0.717) is 19.0 Å². The van der Waals surface area contributed by atoms with Crippen LogP contribution in [0.15, 0.2) is 27.8 Å². The number of guanidine groups is 1. The number of nitrogens with zero attached hydrogens (tertiary/aromatic N) is 1. The highest BCUT2D eigenvalue weighted by Crippen LogP contribution is 2.15. The van der Waals surface area contributed by atoms with Gasteiger partial charge in [-0.1, -0.05) is 0 Å². The molecule has 1 atom stereocenters. The second kappa shape index (κ2) is 9.46. The van der Waals surface area contributed by atoms with Gasteiger partial charge in [-0.05, 0) is 32.4 Å². The molecule has 0 aromatic carbocycles. The van der Waals surface area contributed by atoms with Crippen molar-refractivity contribution in [2.75, 3.05) is 39.9 Å². The summed E-state index contributed by atoms with van der Waals surface area (Å²) in [6.45, 7) is 7.32. The predicted molar refractivity (Wildman–Crippen MR) is 97.5 cm³/mol. The lowest BCUT2D eigenvalue weighted by Gasteiger charge is -2.21. The molecule has 0 saturated carbocycles. The molecule has 0 spiro atoms. The van der Waals surface area contributed by atoms with Crippen molar-refractivity contribution < 1.29 is 13.9 Å². The van der Waals surface area contributed by atoms with E-state index >= 15 is 0 Å². The van der Waals surface area contributed by atoms with Crippen LogP contribution in [-0.4, -0.2) is 51.8 Å². The standard InChI is InChI=1S/C18H30N4O3/c1-18(2,16(23)19-3)13-22-17(21-11-14-7-10-24-12-14)20-8-6-15-5-4-9-25-15/h4-5,9,14H,6-8,10-13H2,1-3H3,(H,19,23)(H2,20,21,22). The minimum absolute atomic E-state index is 0.0182. The van der Waals surface area contributed by atoms with E-state index < -0.39 is 5.41 Å². The Kier molecular flexibility index (Phi) is 7.31. The van der Waals surface area contributed by atoms with E-state index in [4.69, 9.17) is 9.15 Å². The number of hydrogen-bond acceptors (Lipinski definition) is 4. The van der Waals surface area contributed by atoms with Crippen molar-refractivity contribution >= 4 is 11.9 Å². The number of nitrogens with one attached hydrogen (secondary N) is 3. The number of aliphatic imine (C=N–C) groups is 1. The third-order valence-electron chi connectivity index (χ3n) is 4.30. The average molecular weight is 350 g/mol. The van der Waals surface area contributed by atoms with Gasteiger partial charge in [0.1, 0.15) is 5.76 Å². The Bertz CT molecular complexity index is 549. The van der Waals surface area contributed by atoms with E-state index in [1.54, 1.807) is 13.3 Å². The zero-order chi connectivity index (χ0) is 18.1. The molecule has 0 radical (unpaired) electrons. The van der Waals surface area contributed by atoms with Crippen LogP contribution in [0.1, 0.15) is 26.0 Å². The molecular formula is C18H30N4O3. The number of rotatable bonds is 8. The van der Waals surface area contributed by atoms with Gasteiger partial charge in [-0.2, -0.15) is 0 Å². The average Bonchev–Trinajstić information content (AvgIpc) is 3.29. The molecule has 0 bridgehead atoms. The summed E-state index contributed by atoms with van der Waals surface area (Å²) in [7, 11) is 1.65. The Labute approximate surface area is 149 Å². The van der Waals surface area contributed by atoms with Crippen molar-refractivity contribution in [1.82, 2.24) is 16.0 Å². The van der Waals surface area contributed by atoms with Crippen molar-refractivity contribution in [1.29, 1.82) is 0 Å². The van der Waals surface area contributed by atoms with Gasteiger partial charge in [-0.15, -0.1) is 0 Å². The summed E-state index contributed by atoms with van der Waals surface area (Å²) in [5, 5.41) is 9.38. The maximum atomic E-state index is 11.9. The molecule has 140 valence electrons. The SMILES string of the molecule is CNC(=O)C(C)(C)CN=C(NCCc1ccco1)NCC1CCOC1. The van der Waals surface area contributed by atoms with Gasteiger partial charge in [0.15, 0.2) is 5.96 Å². The fourth-order valence-corrected chi connectivity index (χ4v) is 2.61. The van der Waals surface area contributed by atoms with Gasteiger partial charge < -0.3 is 25.1 Å². The lowest BCUT2D eigenvalue weighted by atomic mass is 9.93. The van der Waals surface area contributed by atoms with Gasteiger partial charge in [-0.3, -0.25) is 9.79 Å². The number of ether oxygens (including phenoxy) is 1. The molecule has 1 aromatic rings. The lowest BCUT2D eigenvalue weighted by molar-refractivity contribution is -0.128. The molecular weight excluding hydrogens is 320 g/mol. The number of carbonyl (C=O) groups excluding carboxylic acids is 1. The second-order valence-electron chi connectivity index (χ2n) is 6.99. The summed E-state index contributed by atoms with van der Waals surface area (Å²) in [5.74, 6) is 2.14. The van der Waals surface area contributed by atoms with Gasteiger partial charge in [0.05, 0.1) is 24.8 Å². The second-order valence-corrected chi connectivity index (χ2v) is 6.99. The van der Waals surface area contributed by atoms with Gasteiger partial charge >= 0.3 is 0 Å². The van der Waals surface area contributed by atoms with Crippen LogP contribution < -0.4 is 16.0 Å². The topological polar surface area (TPSA) is 87.9 Å². The lowest BCUT2D eigenvalue weighted by Crippen LogP contribution is -2.43. The van der Waals surface area contributed by atoms with Gasteiger partial charge in [0, 0.05) is 39.1 Å². The van der Waals surface area contributed by atoms with Crippen LogP contribution in [0, 0.1) is 11.3 Å². The van der Waals surface area contributed by atoms with Crippen molar-refractivity contribution in [2.45, 2.75) is 26.7 Å². The van der Waals surface area contributed by atoms with Gasteiger partial charge in [-0.25, -0.2) is 0 Å². The Morgan fingerprint density at radius 1 is 1.40 bits per heavy atom. The monoisotopic (exact) mass is 350 g/mol. The predicted octanol–water partition coefficient (Wildman–Crippen LogP) is 1.17. The summed E-state index contributed by atoms with van der Waals surface area (Å²) in [4.78, 5) is 16.5. The maximum absolute atomic E-state index is 11.9. The third-order valence-corrected chi connectivity index (χ3v) is 4.30. The van der Waals surface area contributed by atoms with Crippen LogP contribution in [-0.2, 0) is 16.0 Å². The molecule has 2 heterocycles. The molecule has 7 heteroatoms. The fraction of sp³-hybridized carbons (Fsp3) is 0.667. The van der Waals surface area contributed by atoms with E-state index in [0.717, 1.165) is 44.3 Å². The van der Waals surface area contributed by atoms with Crippen LogP contribution in [0.3, 0.4) is 0 Å². The Hall–Kier alpha value is -2.02. The first kappa shape index (κ1) is 19.3. The third kappa shape index (κ3) is 6.42. The molecule has 1 aromatic heterocycles. The first-order chi connectivity index (χ1) is 12.0. The van der Waals surface area contributed by atoms with Crippen LogP contribution in [0.25, 0.3) is 0 Å². The first-order valence-electron chi connectivity index (χ1n) is 8.86. The summed E-state index contributed by atoms with van der Waals surface area (Å²) in [5.41, 5.74) is -0.555. The van der Waals surface area contributed by atoms with E-state index in [2.05, 4.69) is 20.9 Å². The summed E-state index contributed by atoms with van der Waals surface area (Å²) < 4.78 is 10.8. The molecule has 3 N–H and O–H groups in total. The molecule has 2 rings (SSSR count). The Balaban J connectivity index is 1.89. The Morgan fingerprint density at radius 3 is 2.88 bits per heavy atom. The largest absolute Gasteiger partial charge is 0.469 e. The summed E-state index contributed by atoms with van der Waals surface area (Å²) in [6.07, 6.45) is 3.52. The van der Waals surface area contributed by atoms with Crippen molar-refractivity contribution in [3.8, 4) is 0 Å². The van der Waals surface area contributed by atoms with E-state index in [9.17, 15) is 4.79 Å². The zero-order valence-corrected chi connectivity index (χ0v) is 15.4. The summed E-state index contributed by atoms with van der Waals surface area (Å²) >= 11 is 0. The molecule has 1 saturated heterocycles. The minimum atomic E-state index is -0.555. The van der Waals surface area contributed by atoms with Crippen molar-refractivity contribution in [2.24, 2.45) is 16.3 Å². The van der Waals surface area contributed by atoms with Crippen LogP contribution in [0.5, 0.6) is 0 Å². The smallest absolute Gasteiger partial charge is 0.227 e. The highest BCUT2D eigenvalue weighted by molar-refractivity contribution is 5.83. The highest BCUT2D eigenvalue weighted by Gasteiger charge is 2.26. The maximum Gasteiger partial charge on any atom is 0.227 e. The minimum Gasteiger partial charge on any atom is -0.469 e. The van der Waals surface area contributed by atoms with E-state index in [1.165, 1.54) is 0 Å². The normalized spacial score (nSPS) is 18.2. The molecule has 25 heavy (non-hydrogen) atoms. The molecule has 1 fully saturated rings. The molecule has 1 amide bonds. The number of amides is 1. The number of furan rings is 1. The van der Waals surface area contributed by atoms with Crippen LogP contribution in [0.4, 0.5) is 0 Å². The van der Waals surface area contributed by atoms with E-state index in [1.807, 2.05) is 26.0 Å². The molecule has 1 unspecified atom stereocenters. The van der Waals surface area contributed by atoms with Crippen molar-refractivity contribution in [3.63, 3.8) is 0 Å². The Morgan fingerprint density at radius 2 is 2.24 bits per heavy atom. The fourth-order valence-electron chi connectivity index (χ4n) is 2.61. The van der Waals surface area contributed by atoms with Crippen LogP contribution in [0.2, 0.25) is 0 Å². The number of carbonyl (C=O) groups is 1. The molecule has 7 nitrogen and oxygen atoms in total. The highest BCUT2D eigenvalue weighted by atomic mass is 16.5. The molecule has 0 aliphatic carbocycles. The van der Waals surface area contributed by atoms with Gasteiger partial charge in [0.2, 0.25) is 5.91 Å². The first-order valence-corrected chi connectivity index (χ1v) is 8.86. The van der Waals surface area contributed by atoms with E-state index in [-0.39, 0.29) is 5.91 Å². The van der Waals surface area contributed by atoms with Crippen molar-refractivity contribution in [3.05, 3.63) is 24.2 Å². The van der Waals surface area contributed by atoms with Crippen LogP contribution >= 0.6 is 0 Å². The number of hydrogen-bond donors (Lipinski definition) is 3. The molecule has 1 aliphatic heterocycles. The quantitative estimate of drug-likeness (QED) is 0.484. The zero-order valence-electron chi connectivity index (χ0n) is 15.4. The molecule has 1 aliphatic rings.